The highest BCUT2D eigenvalue weighted by atomic mass is 32.2. The first kappa shape index (κ1) is 13.9. The predicted molar refractivity (Wildman–Crippen MR) is 84.5 cm³/mol. The van der Waals surface area contributed by atoms with Crippen LogP contribution in [0.1, 0.15) is 35.7 Å². The van der Waals surface area contributed by atoms with Crippen molar-refractivity contribution in [3.63, 3.8) is 0 Å². The highest BCUT2D eigenvalue weighted by Gasteiger charge is 2.29. The van der Waals surface area contributed by atoms with Gasteiger partial charge in [-0.25, -0.2) is 4.98 Å². The maximum Gasteiger partial charge on any atom is 0.135 e. The van der Waals surface area contributed by atoms with Gasteiger partial charge in [0, 0.05) is 34.4 Å². The number of H-pyrrole nitrogens is 1. The van der Waals surface area contributed by atoms with E-state index < -0.39 is 0 Å². The zero-order valence-corrected chi connectivity index (χ0v) is 13.4. The van der Waals surface area contributed by atoms with Crippen LogP contribution in [0.25, 0.3) is 0 Å². The monoisotopic (exact) mass is 314 g/mol. The standard InChI is InChI=1S/C13H18N2OS3/c1-2-10-11(19-6-5-18-10)12-14-9-3-4-16-7-8(9)13(17)15-12/h10-11H,2-7H2,1H3,(H,14,15,17). The third-order valence-corrected chi connectivity index (χ3v) is 7.18. The topological polar surface area (TPSA) is 37.9 Å². The highest BCUT2D eigenvalue weighted by molar-refractivity contribution is 8.06. The summed E-state index contributed by atoms with van der Waals surface area (Å²) in [7, 11) is 0. The summed E-state index contributed by atoms with van der Waals surface area (Å²) in [4.78, 5) is 8.20. The largest absolute Gasteiger partial charge is 0.376 e. The maximum atomic E-state index is 5.47. The molecule has 0 amide bonds. The van der Waals surface area contributed by atoms with Gasteiger partial charge in [0.1, 0.15) is 10.5 Å². The van der Waals surface area contributed by atoms with Crippen LogP contribution in [0.15, 0.2) is 0 Å². The lowest BCUT2D eigenvalue weighted by Gasteiger charge is -2.30. The molecule has 1 fully saturated rings. The molecule has 2 atom stereocenters. The third kappa shape index (κ3) is 2.86. The number of aromatic nitrogens is 2. The molecule has 0 aromatic carbocycles. The van der Waals surface area contributed by atoms with Crippen LogP contribution in [-0.4, -0.2) is 33.3 Å². The van der Waals surface area contributed by atoms with Gasteiger partial charge in [0.2, 0.25) is 0 Å². The summed E-state index contributed by atoms with van der Waals surface area (Å²) >= 11 is 9.53. The summed E-state index contributed by atoms with van der Waals surface area (Å²) in [6.07, 6.45) is 2.11. The summed E-state index contributed by atoms with van der Waals surface area (Å²) in [5.74, 6) is 3.53. The molecule has 1 aromatic heterocycles. The molecule has 0 bridgehead atoms. The van der Waals surface area contributed by atoms with E-state index in [4.69, 9.17) is 17.0 Å². The number of nitrogens with one attached hydrogen (secondary N) is 1. The van der Waals surface area contributed by atoms with Gasteiger partial charge in [-0.05, 0) is 6.42 Å². The second kappa shape index (κ2) is 6.16. The number of hydrogen-bond acceptors (Lipinski definition) is 5. The van der Waals surface area contributed by atoms with E-state index in [-0.39, 0.29) is 0 Å². The van der Waals surface area contributed by atoms with Crippen LogP contribution in [0.4, 0.5) is 0 Å². The molecule has 0 aliphatic carbocycles. The number of nitrogens with zero attached hydrogens (tertiary/aromatic N) is 1. The summed E-state index contributed by atoms with van der Waals surface area (Å²) in [5.41, 5.74) is 2.33. The fraction of sp³-hybridized carbons (Fsp3) is 0.692. The first-order chi connectivity index (χ1) is 9.29. The SMILES string of the molecule is CCC1SCCSC1c1nc(=S)c2c([nH]1)CCOC2. The molecule has 3 heterocycles. The van der Waals surface area contributed by atoms with Crippen LogP contribution < -0.4 is 0 Å². The summed E-state index contributed by atoms with van der Waals surface area (Å²) in [6.45, 7) is 3.66. The molecular weight excluding hydrogens is 296 g/mol. The van der Waals surface area contributed by atoms with Crippen molar-refractivity contribution >= 4 is 35.7 Å². The van der Waals surface area contributed by atoms with Crippen molar-refractivity contribution in [1.82, 2.24) is 9.97 Å². The van der Waals surface area contributed by atoms with Gasteiger partial charge in [-0.1, -0.05) is 19.1 Å². The number of aromatic amines is 1. The normalized spacial score (nSPS) is 27.0. The first-order valence-electron chi connectivity index (χ1n) is 6.72. The maximum absolute atomic E-state index is 5.47. The van der Waals surface area contributed by atoms with Crippen molar-refractivity contribution in [2.45, 2.75) is 36.9 Å². The molecule has 1 saturated heterocycles. The third-order valence-electron chi connectivity index (χ3n) is 3.59. The van der Waals surface area contributed by atoms with E-state index in [0.717, 1.165) is 29.1 Å². The van der Waals surface area contributed by atoms with E-state index in [1.807, 2.05) is 11.8 Å². The second-order valence-corrected chi connectivity index (χ2v) is 7.78. The Morgan fingerprint density at radius 2 is 2.26 bits per heavy atom. The lowest BCUT2D eigenvalue weighted by Crippen LogP contribution is -2.23. The minimum Gasteiger partial charge on any atom is -0.376 e. The zero-order valence-electron chi connectivity index (χ0n) is 11.0. The van der Waals surface area contributed by atoms with E-state index in [2.05, 4.69) is 28.7 Å². The second-order valence-electron chi connectivity index (χ2n) is 4.80. The van der Waals surface area contributed by atoms with Crippen molar-refractivity contribution in [3.8, 4) is 0 Å². The first-order valence-corrected chi connectivity index (χ1v) is 9.23. The van der Waals surface area contributed by atoms with Crippen molar-refractivity contribution in [2.75, 3.05) is 18.1 Å². The van der Waals surface area contributed by atoms with Gasteiger partial charge in [0.25, 0.3) is 0 Å². The molecule has 0 spiro atoms. The van der Waals surface area contributed by atoms with Crippen LogP contribution in [0, 0.1) is 4.64 Å². The molecule has 0 saturated carbocycles. The Bertz CT molecular complexity index is 517. The number of thioether (sulfide) groups is 2. The lowest BCUT2D eigenvalue weighted by atomic mass is 10.1. The molecule has 6 heteroatoms. The van der Waals surface area contributed by atoms with E-state index in [1.54, 1.807) is 0 Å². The Balaban J connectivity index is 1.96. The van der Waals surface area contributed by atoms with Crippen LogP contribution >= 0.6 is 35.7 Å². The minimum atomic E-state index is 0.457. The Labute approximate surface area is 127 Å². The van der Waals surface area contributed by atoms with Gasteiger partial charge in [-0.3, -0.25) is 0 Å². The zero-order chi connectivity index (χ0) is 13.2. The Kier molecular flexibility index (Phi) is 4.51. The molecule has 0 radical (unpaired) electrons. The lowest BCUT2D eigenvalue weighted by molar-refractivity contribution is 0.108. The molecule has 3 nitrogen and oxygen atoms in total. The minimum absolute atomic E-state index is 0.457. The van der Waals surface area contributed by atoms with Gasteiger partial charge in [-0.2, -0.15) is 11.8 Å². The summed E-state index contributed by atoms with van der Waals surface area (Å²) in [5, 5.41) is 1.10. The van der Waals surface area contributed by atoms with Crippen LogP contribution in [-0.2, 0) is 17.8 Å². The van der Waals surface area contributed by atoms with Crippen LogP contribution in [0.5, 0.6) is 0 Å². The average molecular weight is 315 g/mol. The molecule has 104 valence electrons. The molecule has 1 N–H and O–H groups in total. The van der Waals surface area contributed by atoms with Crippen LogP contribution in [0.3, 0.4) is 0 Å². The van der Waals surface area contributed by atoms with Gasteiger partial charge in [-0.15, -0.1) is 11.8 Å². The molecular formula is C13H18N2OS3. The van der Waals surface area contributed by atoms with Crippen LogP contribution in [0.2, 0.25) is 0 Å². The summed E-state index contributed by atoms with van der Waals surface area (Å²) < 4.78 is 6.20. The number of rotatable bonds is 2. The Hall–Kier alpha value is -0.0400. The summed E-state index contributed by atoms with van der Waals surface area (Å²) in [6, 6.07) is 0. The van der Waals surface area contributed by atoms with E-state index in [9.17, 15) is 0 Å². The molecule has 2 aliphatic rings. The molecule has 19 heavy (non-hydrogen) atoms. The quantitative estimate of drug-likeness (QED) is 0.846. The van der Waals surface area contributed by atoms with E-state index >= 15 is 0 Å². The number of ether oxygens (including phenoxy) is 1. The molecule has 2 aliphatic heterocycles. The van der Waals surface area contributed by atoms with E-state index in [0.29, 0.717) is 17.1 Å². The van der Waals surface area contributed by atoms with Crippen molar-refractivity contribution < 1.29 is 4.74 Å². The van der Waals surface area contributed by atoms with Gasteiger partial charge in [0.05, 0.1) is 18.5 Å². The van der Waals surface area contributed by atoms with Crippen molar-refractivity contribution in [2.24, 2.45) is 0 Å². The molecule has 1 aromatic rings. The van der Waals surface area contributed by atoms with Gasteiger partial charge >= 0.3 is 0 Å². The predicted octanol–water partition coefficient (Wildman–Crippen LogP) is 3.51. The van der Waals surface area contributed by atoms with E-state index in [1.165, 1.54) is 23.6 Å². The Morgan fingerprint density at radius 1 is 1.42 bits per heavy atom. The Morgan fingerprint density at radius 3 is 3.11 bits per heavy atom. The molecule has 2 unspecified atom stereocenters. The fourth-order valence-corrected chi connectivity index (χ4v) is 5.86. The highest BCUT2D eigenvalue weighted by Crippen LogP contribution is 2.43. The fourth-order valence-electron chi connectivity index (χ4n) is 2.57. The smallest absolute Gasteiger partial charge is 0.135 e. The molecule has 3 rings (SSSR count). The van der Waals surface area contributed by atoms with Crippen molar-refractivity contribution in [1.29, 1.82) is 0 Å². The van der Waals surface area contributed by atoms with Gasteiger partial charge < -0.3 is 9.72 Å². The number of fused-ring (bicyclic) bond motifs is 1. The average Bonchev–Trinajstić information content (AvgIpc) is 2.47. The van der Waals surface area contributed by atoms with Gasteiger partial charge in [0.15, 0.2) is 0 Å². The number of hydrogen-bond donors (Lipinski definition) is 1. The van der Waals surface area contributed by atoms with Crippen molar-refractivity contribution in [3.05, 3.63) is 21.7 Å².